The van der Waals surface area contributed by atoms with E-state index in [1.54, 1.807) is 4.68 Å². The molecule has 0 bridgehead atoms. The van der Waals surface area contributed by atoms with Gasteiger partial charge in [0.2, 0.25) is 0 Å². The quantitative estimate of drug-likeness (QED) is 0.915. The van der Waals surface area contributed by atoms with Crippen LogP contribution in [0.3, 0.4) is 0 Å². The van der Waals surface area contributed by atoms with E-state index in [1.165, 1.54) is 6.42 Å². The monoisotopic (exact) mass is 315 g/mol. The summed E-state index contributed by atoms with van der Waals surface area (Å²) in [5.41, 5.74) is 1.61. The van der Waals surface area contributed by atoms with E-state index >= 15 is 0 Å². The highest BCUT2D eigenvalue weighted by molar-refractivity contribution is 5.86. The molecule has 1 aromatic heterocycles. The number of carbonyl (C=O) groups is 1. The van der Waals surface area contributed by atoms with E-state index in [-0.39, 0.29) is 11.6 Å². The van der Waals surface area contributed by atoms with Crippen molar-refractivity contribution in [1.82, 2.24) is 15.0 Å². The second-order valence-electron chi connectivity index (χ2n) is 5.80. The first-order valence-electron chi connectivity index (χ1n) is 8.12. The zero-order valence-electron chi connectivity index (χ0n) is 13.2. The minimum atomic E-state index is -1.01. The van der Waals surface area contributed by atoms with Crippen molar-refractivity contribution in [2.45, 2.75) is 44.9 Å². The SMILES string of the molecule is CCOc1ccc(-n2nnc(C(=O)O)c2C2CCCCC2)cc1. The fourth-order valence-electron chi connectivity index (χ4n) is 3.22. The van der Waals surface area contributed by atoms with E-state index in [4.69, 9.17) is 4.74 Å². The summed E-state index contributed by atoms with van der Waals surface area (Å²) in [5.74, 6) is -0.0202. The molecular formula is C17H21N3O3. The zero-order chi connectivity index (χ0) is 16.2. The van der Waals surface area contributed by atoms with E-state index in [2.05, 4.69) is 10.3 Å². The standard InChI is InChI=1S/C17H21N3O3/c1-2-23-14-10-8-13(9-11-14)20-16(12-6-4-3-5-7-12)15(17(21)22)18-19-20/h8-12H,2-7H2,1H3,(H,21,22). The highest BCUT2D eigenvalue weighted by Crippen LogP contribution is 2.35. The third-order valence-electron chi connectivity index (χ3n) is 4.29. The van der Waals surface area contributed by atoms with Crippen LogP contribution in [0.5, 0.6) is 5.75 Å². The molecule has 0 unspecified atom stereocenters. The van der Waals surface area contributed by atoms with E-state index < -0.39 is 5.97 Å². The Kier molecular flexibility index (Phi) is 4.60. The largest absolute Gasteiger partial charge is 0.494 e. The first-order chi connectivity index (χ1) is 11.2. The first kappa shape index (κ1) is 15.5. The van der Waals surface area contributed by atoms with Gasteiger partial charge < -0.3 is 9.84 Å². The lowest BCUT2D eigenvalue weighted by Gasteiger charge is -2.22. The number of carboxylic acids is 1. The van der Waals surface area contributed by atoms with E-state index in [0.29, 0.717) is 6.61 Å². The zero-order valence-corrected chi connectivity index (χ0v) is 13.2. The topological polar surface area (TPSA) is 77.2 Å². The van der Waals surface area contributed by atoms with Crippen LogP contribution in [0.2, 0.25) is 0 Å². The Bertz CT molecular complexity index is 673. The summed E-state index contributed by atoms with van der Waals surface area (Å²) in [5, 5.41) is 17.4. The van der Waals surface area contributed by atoms with Gasteiger partial charge in [0.15, 0.2) is 5.69 Å². The fraction of sp³-hybridized carbons (Fsp3) is 0.471. The summed E-state index contributed by atoms with van der Waals surface area (Å²) in [6.07, 6.45) is 5.44. The number of aromatic carboxylic acids is 1. The van der Waals surface area contributed by atoms with Gasteiger partial charge in [0.25, 0.3) is 0 Å². The Morgan fingerprint density at radius 2 is 1.96 bits per heavy atom. The van der Waals surface area contributed by atoms with Crippen molar-refractivity contribution in [3.05, 3.63) is 35.7 Å². The van der Waals surface area contributed by atoms with E-state index in [0.717, 1.165) is 42.8 Å². The predicted molar refractivity (Wildman–Crippen MR) is 85.3 cm³/mol. The average molecular weight is 315 g/mol. The van der Waals surface area contributed by atoms with Gasteiger partial charge >= 0.3 is 5.97 Å². The Morgan fingerprint density at radius 3 is 2.57 bits per heavy atom. The van der Waals surface area contributed by atoms with E-state index in [1.807, 2.05) is 31.2 Å². The minimum Gasteiger partial charge on any atom is -0.494 e. The van der Waals surface area contributed by atoms with Crippen molar-refractivity contribution in [3.63, 3.8) is 0 Å². The molecule has 6 heteroatoms. The van der Waals surface area contributed by atoms with Crippen LogP contribution in [0.1, 0.15) is 61.1 Å². The summed E-state index contributed by atoms with van der Waals surface area (Å²) in [4.78, 5) is 11.5. The van der Waals surface area contributed by atoms with Crippen LogP contribution in [0.15, 0.2) is 24.3 Å². The number of carboxylic acid groups (broad SMARTS) is 1. The van der Waals surface area contributed by atoms with Crippen LogP contribution in [0, 0.1) is 0 Å². The first-order valence-corrected chi connectivity index (χ1v) is 8.12. The molecule has 0 amide bonds. The smallest absolute Gasteiger partial charge is 0.358 e. The molecular weight excluding hydrogens is 294 g/mol. The summed E-state index contributed by atoms with van der Waals surface area (Å²) in [6, 6.07) is 7.51. The molecule has 1 heterocycles. The maximum atomic E-state index is 11.5. The molecule has 6 nitrogen and oxygen atoms in total. The third-order valence-corrected chi connectivity index (χ3v) is 4.29. The van der Waals surface area contributed by atoms with Gasteiger partial charge in [-0.15, -0.1) is 5.10 Å². The molecule has 0 aliphatic heterocycles. The van der Waals surface area contributed by atoms with Crippen LogP contribution in [-0.4, -0.2) is 32.7 Å². The predicted octanol–water partition coefficient (Wildman–Crippen LogP) is 3.41. The minimum absolute atomic E-state index is 0.0748. The Hall–Kier alpha value is -2.37. The van der Waals surface area contributed by atoms with Gasteiger partial charge in [0, 0.05) is 5.92 Å². The number of rotatable bonds is 5. The van der Waals surface area contributed by atoms with Gasteiger partial charge in [-0.25, -0.2) is 9.48 Å². The molecule has 1 N–H and O–H groups in total. The summed E-state index contributed by atoms with van der Waals surface area (Å²) in [7, 11) is 0. The summed E-state index contributed by atoms with van der Waals surface area (Å²) < 4.78 is 7.12. The van der Waals surface area contributed by atoms with Crippen LogP contribution in [-0.2, 0) is 0 Å². The van der Waals surface area contributed by atoms with Crippen LogP contribution in [0.4, 0.5) is 0 Å². The molecule has 1 fully saturated rings. The maximum Gasteiger partial charge on any atom is 0.358 e. The summed E-state index contributed by atoms with van der Waals surface area (Å²) in [6.45, 7) is 2.55. The fourth-order valence-corrected chi connectivity index (χ4v) is 3.22. The molecule has 23 heavy (non-hydrogen) atoms. The van der Waals surface area contributed by atoms with Crippen molar-refractivity contribution in [1.29, 1.82) is 0 Å². The highest BCUT2D eigenvalue weighted by Gasteiger charge is 2.28. The average Bonchev–Trinajstić information content (AvgIpc) is 3.02. The van der Waals surface area contributed by atoms with Gasteiger partial charge in [0.1, 0.15) is 5.75 Å². The second-order valence-corrected chi connectivity index (χ2v) is 5.80. The van der Waals surface area contributed by atoms with Crippen LogP contribution >= 0.6 is 0 Å². The van der Waals surface area contributed by atoms with Crippen molar-refractivity contribution in [2.24, 2.45) is 0 Å². The molecule has 0 saturated heterocycles. The number of benzene rings is 1. The highest BCUT2D eigenvalue weighted by atomic mass is 16.5. The maximum absolute atomic E-state index is 11.5. The molecule has 3 rings (SSSR count). The lowest BCUT2D eigenvalue weighted by Crippen LogP contribution is -2.14. The van der Waals surface area contributed by atoms with Crippen molar-refractivity contribution in [2.75, 3.05) is 6.61 Å². The number of nitrogens with zero attached hydrogens (tertiary/aromatic N) is 3. The molecule has 122 valence electrons. The van der Waals surface area contributed by atoms with E-state index in [9.17, 15) is 9.90 Å². The molecule has 0 atom stereocenters. The molecule has 0 radical (unpaired) electrons. The Balaban J connectivity index is 1.99. The molecule has 1 saturated carbocycles. The molecule has 0 spiro atoms. The third kappa shape index (κ3) is 3.21. The summed E-state index contributed by atoms with van der Waals surface area (Å²) >= 11 is 0. The van der Waals surface area contributed by atoms with Crippen LogP contribution in [0.25, 0.3) is 5.69 Å². The number of aromatic nitrogens is 3. The molecule has 1 aliphatic rings. The Morgan fingerprint density at radius 1 is 1.26 bits per heavy atom. The van der Waals surface area contributed by atoms with Gasteiger partial charge in [0.05, 0.1) is 18.0 Å². The number of hydrogen-bond donors (Lipinski definition) is 1. The van der Waals surface area contributed by atoms with Crippen molar-refractivity contribution >= 4 is 5.97 Å². The van der Waals surface area contributed by atoms with Gasteiger partial charge in [-0.2, -0.15) is 0 Å². The molecule has 1 aliphatic carbocycles. The van der Waals surface area contributed by atoms with Crippen molar-refractivity contribution in [3.8, 4) is 11.4 Å². The number of ether oxygens (including phenoxy) is 1. The second kappa shape index (κ2) is 6.81. The number of hydrogen-bond acceptors (Lipinski definition) is 4. The van der Waals surface area contributed by atoms with Gasteiger partial charge in [-0.1, -0.05) is 24.5 Å². The van der Waals surface area contributed by atoms with Crippen LogP contribution < -0.4 is 4.74 Å². The van der Waals surface area contributed by atoms with Crippen molar-refractivity contribution < 1.29 is 14.6 Å². The molecule has 2 aromatic rings. The molecule has 1 aromatic carbocycles. The Labute approximate surface area is 135 Å². The normalized spacial score (nSPS) is 15.5. The van der Waals surface area contributed by atoms with Gasteiger partial charge in [-0.3, -0.25) is 0 Å². The van der Waals surface area contributed by atoms with Gasteiger partial charge in [-0.05, 0) is 44.0 Å². The lowest BCUT2D eigenvalue weighted by atomic mass is 9.86. The lowest BCUT2D eigenvalue weighted by molar-refractivity contribution is 0.0688.